The van der Waals surface area contributed by atoms with E-state index in [4.69, 9.17) is 0 Å². The normalized spacial score (nSPS) is 10.5. The average molecular weight is 327 g/mol. The third-order valence-corrected chi connectivity index (χ3v) is 3.56. The maximum absolute atomic E-state index is 12.2. The molecular weight excluding hydrogens is 302 g/mol. The fourth-order valence-electron chi connectivity index (χ4n) is 2.06. The Morgan fingerprint density at radius 2 is 1.75 bits per heavy atom. The molecular formula is C18H25N5O. The number of hydrogen-bond acceptors (Lipinski definition) is 5. The molecule has 0 aliphatic carbocycles. The largest absolute Gasteiger partial charge is 0.378 e. The summed E-state index contributed by atoms with van der Waals surface area (Å²) < 4.78 is 0. The molecule has 6 nitrogen and oxygen atoms in total. The Bertz CT molecular complexity index is 650. The number of nitrogens with zero attached hydrogens (tertiary/aromatic N) is 3. The van der Waals surface area contributed by atoms with Crippen LogP contribution in [0.5, 0.6) is 0 Å². The van der Waals surface area contributed by atoms with Crippen molar-refractivity contribution in [2.24, 2.45) is 5.92 Å². The number of rotatable bonds is 7. The summed E-state index contributed by atoms with van der Waals surface area (Å²) in [5, 5.41) is 5.99. The van der Waals surface area contributed by atoms with Crippen molar-refractivity contribution in [1.82, 2.24) is 9.97 Å². The zero-order valence-electron chi connectivity index (χ0n) is 14.7. The molecule has 1 amide bonds. The molecule has 2 N–H and O–H groups in total. The van der Waals surface area contributed by atoms with Crippen LogP contribution in [-0.4, -0.2) is 36.5 Å². The monoisotopic (exact) mass is 327 g/mol. The number of hydrogen-bond donors (Lipinski definition) is 2. The maximum Gasteiger partial charge on any atom is 0.258 e. The fraction of sp³-hybridized carbons (Fsp3) is 0.389. The molecule has 0 aliphatic heterocycles. The minimum Gasteiger partial charge on any atom is -0.378 e. The van der Waals surface area contributed by atoms with E-state index in [0.717, 1.165) is 24.3 Å². The first-order valence-electron chi connectivity index (χ1n) is 8.10. The molecule has 128 valence electrons. The van der Waals surface area contributed by atoms with Crippen molar-refractivity contribution in [2.45, 2.75) is 20.3 Å². The zero-order valence-corrected chi connectivity index (χ0v) is 14.7. The highest BCUT2D eigenvalue weighted by Crippen LogP contribution is 2.16. The highest BCUT2D eigenvalue weighted by molar-refractivity contribution is 6.03. The first-order valence-corrected chi connectivity index (χ1v) is 8.10. The summed E-state index contributed by atoms with van der Waals surface area (Å²) in [6.45, 7) is 5.16. The summed E-state index contributed by atoms with van der Waals surface area (Å²) in [4.78, 5) is 22.6. The Morgan fingerprint density at radius 3 is 2.29 bits per heavy atom. The Labute approximate surface area is 143 Å². The van der Waals surface area contributed by atoms with Crippen molar-refractivity contribution < 1.29 is 4.79 Å². The van der Waals surface area contributed by atoms with E-state index < -0.39 is 0 Å². The van der Waals surface area contributed by atoms with Crippen LogP contribution >= 0.6 is 0 Å². The lowest BCUT2D eigenvalue weighted by molar-refractivity contribution is 0.102. The summed E-state index contributed by atoms with van der Waals surface area (Å²) in [5.41, 5.74) is 2.25. The summed E-state index contributed by atoms with van der Waals surface area (Å²) in [6.07, 6.45) is 4.12. The van der Waals surface area contributed by atoms with Gasteiger partial charge in [0.15, 0.2) is 0 Å². The number of carbonyl (C=O) groups excluding carboxylic acids is 1. The van der Waals surface area contributed by atoms with Gasteiger partial charge in [0.2, 0.25) is 5.95 Å². The topological polar surface area (TPSA) is 70.2 Å². The third kappa shape index (κ3) is 5.22. The lowest BCUT2D eigenvalue weighted by Gasteiger charge is -2.13. The van der Waals surface area contributed by atoms with Gasteiger partial charge in [-0.1, -0.05) is 13.8 Å². The quantitative estimate of drug-likeness (QED) is 0.817. The van der Waals surface area contributed by atoms with Crippen LogP contribution in [0, 0.1) is 5.92 Å². The van der Waals surface area contributed by atoms with Gasteiger partial charge in [0.1, 0.15) is 0 Å². The predicted molar refractivity (Wildman–Crippen MR) is 98.7 cm³/mol. The summed E-state index contributed by atoms with van der Waals surface area (Å²) in [7, 11) is 3.95. The van der Waals surface area contributed by atoms with Crippen LogP contribution in [0.2, 0.25) is 0 Å². The van der Waals surface area contributed by atoms with E-state index in [0.29, 0.717) is 17.4 Å². The van der Waals surface area contributed by atoms with Gasteiger partial charge >= 0.3 is 0 Å². The van der Waals surface area contributed by atoms with Gasteiger partial charge in [0.05, 0.1) is 5.56 Å². The van der Waals surface area contributed by atoms with Crippen LogP contribution in [0.15, 0.2) is 36.7 Å². The predicted octanol–water partition coefficient (Wildman–Crippen LogP) is 3.25. The number of nitrogens with one attached hydrogen (secondary N) is 2. The van der Waals surface area contributed by atoms with Gasteiger partial charge in [-0.05, 0) is 36.6 Å². The maximum atomic E-state index is 12.2. The average Bonchev–Trinajstić information content (AvgIpc) is 2.55. The number of carbonyl (C=O) groups is 1. The van der Waals surface area contributed by atoms with E-state index in [1.165, 1.54) is 12.4 Å². The molecule has 2 rings (SSSR count). The van der Waals surface area contributed by atoms with E-state index in [-0.39, 0.29) is 5.91 Å². The van der Waals surface area contributed by atoms with Gasteiger partial charge < -0.3 is 15.5 Å². The summed E-state index contributed by atoms with van der Waals surface area (Å²) in [6, 6.07) is 7.65. The minimum absolute atomic E-state index is 0.221. The van der Waals surface area contributed by atoms with Crippen LogP contribution in [0.4, 0.5) is 17.3 Å². The Balaban J connectivity index is 1.92. The molecule has 2 aromatic rings. The van der Waals surface area contributed by atoms with Crippen molar-refractivity contribution in [3.63, 3.8) is 0 Å². The van der Waals surface area contributed by atoms with E-state index in [2.05, 4.69) is 34.4 Å². The smallest absolute Gasteiger partial charge is 0.258 e. The first kappa shape index (κ1) is 17.7. The van der Waals surface area contributed by atoms with E-state index in [1.807, 2.05) is 43.3 Å². The van der Waals surface area contributed by atoms with Gasteiger partial charge in [0.25, 0.3) is 5.91 Å². The standard InChI is InChI=1S/C18H25N5O/c1-13(2)9-10-19-18-20-11-14(12-21-18)17(24)22-15-5-7-16(8-6-15)23(3)4/h5-8,11-13H,9-10H2,1-4H3,(H,22,24)(H,19,20,21). The molecule has 24 heavy (non-hydrogen) atoms. The molecule has 0 atom stereocenters. The SMILES string of the molecule is CC(C)CCNc1ncc(C(=O)Nc2ccc(N(C)C)cc2)cn1. The molecule has 0 saturated heterocycles. The van der Waals surface area contributed by atoms with E-state index >= 15 is 0 Å². The molecule has 1 heterocycles. The highest BCUT2D eigenvalue weighted by Gasteiger charge is 2.08. The molecule has 0 fully saturated rings. The Kier molecular flexibility index (Phi) is 6.12. The van der Waals surface area contributed by atoms with Crippen molar-refractivity contribution in [3.8, 4) is 0 Å². The summed E-state index contributed by atoms with van der Waals surface area (Å²) >= 11 is 0. The van der Waals surface area contributed by atoms with Crippen LogP contribution in [0.1, 0.15) is 30.6 Å². The molecule has 0 saturated carbocycles. The third-order valence-electron chi connectivity index (χ3n) is 3.56. The number of anilines is 3. The second-order valence-corrected chi connectivity index (χ2v) is 6.30. The van der Waals surface area contributed by atoms with Crippen molar-refractivity contribution in [3.05, 3.63) is 42.2 Å². The molecule has 0 aliphatic rings. The van der Waals surface area contributed by atoms with Gasteiger partial charge in [-0.15, -0.1) is 0 Å². The van der Waals surface area contributed by atoms with Crippen LogP contribution in [0.3, 0.4) is 0 Å². The molecule has 1 aromatic heterocycles. The van der Waals surface area contributed by atoms with E-state index in [1.54, 1.807) is 0 Å². The van der Waals surface area contributed by atoms with E-state index in [9.17, 15) is 4.79 Å². The van der Waals surface area contributed by atoms with Gasteiger partial charge in [-0.25, -0.2) is 9.97 Å². The van der Waals surface area contributed by atoms with Crippen LogP contribution in [0.25, 0.3) is 0 Å². The van der Waals surface area contributed by atoms with Gasteiger partial charge in [-0.3, -0.25) is 4.79 Å². The van der Waals surface area contributed by atoms with Crippen LogP contribution in [-0.2, 0) is 0 Å². The van der Waals surface area contributed by atoms with Crippen molar-refractivity contribution >= 4 is 23.2 Å². The van der Waals surface area contributed by atoms with Crippen LogP contribution < -0.4 is 15.5 Å². The molecule has 1 aromatic carbocycles. The van der Waals surface area contributed by atoms with Crippen molar-refractivity contribution in [2.75, 3.05) is 36.2 Å². The number of amides is 1. The zero-order chi connectivity index (χ0) is 17.5. The lowest BCUT2D eigenvalue weighted by atomic mass is 10.1. The highest BCUT2D eigenvalue weighted by atomic mass is 16.1. The Hall–Kier alpha value is -2.63. The van der Waals surface area contributed by atoms with Crippen molar-refractivity contribution in [1.29, 1.82) is 0 Å². The van der Waals surface area contributed by atoms with Gasteiger partial charge in [-0.2, -0.15) is 0 Å². The lowest BCUT2D eigenvalue weighted by Crippen LogP contribution is -2.14. The molecule has 0 spiro atoms. The number of benzene rings is 1. The first-order chi connectivity index (χ1) is 11.5. The molecule has 0 unspecified atom stereocenters. The Morgan fingerprint density at radius 1 is 1.12 bits per heavy atom. The summed E-state index contributed by atoms with van der Waals surface area (Å²) in [5.74, 6) is 0.949. The second kappa shape index (κ2) is 8.29. The second-order valence-electron chi connectivity index (χ2n) is 6.30. The minimum atomic E-state index is -0.221. The number of aromatic nitrogens is 2. The molecule has 0 bridgehead atoms. The van der Waals surface area contributed by atoms with Gasteiger partial charge in [0, 0.05) is 44.4 Å². The molecule has 0 radical (unpaired) electrons. The fourth-order valence-corrected chi connectivity index (χ4v) is 2.06. The molecule has 6 heteroatoms.